The third kappa shape index (κ3) is 3.26. The fourth-order valence-electron chi connectivity index (χ4n) is 2.57. The molecule has 0 aliphatic rings. The summed E-state index contributed by atoms with van der Waals surface area (Å²) in [6, 6.07) is 22.4. The van der Waals surface area contributed by atoms with Crippen LogP contribution in [0.15, 0.2) is 83.1 Å². The van der Waals surface area contributed by atoms with Crippen molar-refractivity contribution in [2.45, 2.75) is 4.90 Å². The van der Waals surface area contributed by atoms with Crippen molar-refractivity contribution in [3.63, 3.8) is 0 Å². The van der Waals surface area contributed by atoms with Crippen molar-refractivity contribution < 1.29 is 8.42 Å². The van der Waals surface area contributed by atoms with Crippen LogP contribution in [-0.4, -0.2) is 13.4 Å². The summed E-state index contributed by atoms with van der Waals surface area (Å²) in [7, 11) is -3.68. The molecule has 0 unspecified atom stereocenters. The lowest BCUT2D eigenvalue weighted by molar-refractivity contribution is 0.601. The fourth-order valence-corrected chi connectivity index (χ4v) is 4.58. The summed E-state index contributed by atoms with van der Waals surface area (Å²) >= 11 is 1.27. The van der Waals surface area contributed by atoms with Crippen LogP contribution in [0.5, 0.6) is 0 Å². The van der Waals surface area contributed by atoms with Gasteiger partial charge >= 0.3 is 0 Å². The molecule has 0 aliphatic carbocycles. The number of nitrogens with one attached hydrogen (secondary N) is 1. The maximum absolute atomic E-state index is 12.6. The van der Waals surface area contributed by atoms with Crippen molar-refractivity contribution in [1.29, 1.82) is 0 Å². The second-order valence-electron chi connectivity index (χ2n) is 5.52. The molecule has 0 radical (unpaired) electrons. The molecular weight excluding hydrogens is 352 g/mol. The average molecular weight is 366 g/mol. The van der Waals surface area contributed by atoms with Crippen LogP contribution in [0.4, 0.5) is 5.13 Å². The van der Waals surface area contributed by atoms with Crippen LogP contribution in [0.25, 0.3) is 22.0 Å². The van der Waals surface area contributed by atoms with Crippen molar-refractivity contribution in [3.8, 4) is 11.3 Å². The van der Waals surface area contributed by atoms with Crippen LogP contribution in [0.3, 0.4) is 0 Å². The normalized spacial score (nSPS) is 11.5. The van der Waals surface area contributed by atoms with Gasteiger partial charge in [-0.25, -0.2) is 13.4 Å². The fraction of sp³-hybridized carbons (Fsp3) is 0. The second kappa shape index (κ2) is 6.31. The molecule has 0 saturated carbocycles. The van der Waals surface area contributed by atoms with Gasteiger partial charge in [0.05, 0.1) is 10.6 Å². The van der Waals surface area contributed by atoms with Gasteiger partial charge in [0, 0.05) is 10.9 Å². The highest BCUT2D eigenvalue weighted by Crippen LogP contribution is 2.27. The number of rotatable bonds is 4. The molecule has 124 valence electrons. The molecule has 0 bridgehead atoms. The Morgan fingerprint density at radius 3 is 2.36 bits per heavy atom. The Bertz CT molecular complexity index is 1140. The number of fused-ring (bicyclic) bond motifs is 1. The largest absolute Gasteiger partial charge is 0.263 e. The van der Waals surface area contributed by atoms with Gasteiger partial charge in [-0.15, -0.1) is 11.3 Å². The zero-order chi connectivity index (χ0) is 17.3. The molecule has 0 atom stereocenters. The van der Waals surface area contributed by atoms with Crippen molar-refractivity contribution in [1.82, 2.24) is 4.98 Å². The Labute approximate surface area is 149 Å². The lowest BCUT2D eigenvalue weighted by Gasteiger charge is -2.06. The maximum Gasteiger partial charge on any atom is 0.263 e. The van der Waals surface area contributed by atoms with Gasteiger partial charge in [-0.3, -0.25) is 4.72 Å². The van der Waals surface area contributed by atoms with E-state index in [1.807, 2.05) is 60.0 Å². The number of sulfonamides is 1. The molecule has 3 aromatic carbocycles. The molecule has 6 heteroatoms. The van der Waals surface area contributed by atoms with Gasteiger partial charge in [-0.1, -0.05) is 60.7 Å². The summed E-state index contributed by atoms with van der Waals surface area (Å²) in [5, 5.41) is 4.08. The van der Waals surface area contributed by atoms with Gasteiger partial charge in [0.1, 0.15) is 0 Å². The van der Waals surface area contributed by atoms with Gasteiger partial charge in [0.25, 0.3) is 10.0 Å². The molecule has 25 heavy (non-hydrogen) atoms. The summed E-state index contributed by atoms with van der Waals surface area (Å²) < 4.78 is 27.9. The molecule has 0 fully saturated rings. The van der Waals surface area contributed by atoms with Gasteiger partial charge in [0.15, 0.2) is 5.13 Å². The number of aromatic nitrogens is 1. The summed E-state index contributed by atoms with van der Waals surface area (Å²) in [6.07, 6.45) is 0. The van der Waals surface area contributed by atoms with E-state index in [0.29, 0.717) is 5.13 Å². The molecule has 0 amide bonds. The molecule has 4 nitrogen and oxygen atoms in total. The molecule has 0 spiro atoms. The zero-order valence-electron chi connectivity index (χ0n) is 13.1. The maximum atomic E-state index is 12.6. The highest BCUT2D eigenvalue weighted by Gasteiger charge is 2.17. The van der Waals surface area contributed by atoms with Gasteiger partial charge in [-0.05, 0) is 22.9 Å². The minimum Gasteiger partial charge on any atom is -0.255 e. The van der Waals surface area contributed by atoms with Crippen LogP contribution >= 0.6 is 11.3 Å². The van der Waals surface area contributed by atoms with Crippen molar-refractivity contribution in [3.05, 3.63) is 78.2 Å². The standard InChI is InChI=1S/C19H14N2O2S2/c22-25(23,17-11-10-14-6-4-5-9-16(14)12-17)21-19-20-18(13-24-19)15-7-2-1-3-8-15/h1-13H,(H,20,21). The summed E-state index contributed by atoms with van der Waals surface area (Å²) in [6.45, 7) is 0. The number of nitrogens with zero attached hydrogens (tertiary/aromatic N) is 1. The molecule has 4 rings (SSSR count). The van der Waals surface area contributed by atoms with Gasteiger partial charge < -0.3 is 0 Å². The first kappa shape index (κ1) is 15.8. The molecule has 1 N–H and O–H groups in total. The lowest BCUT2D eigenvalue weighted by atomic mass is 10.1. The van der Waals surface area contributed by atoms with E-state index in [-0.39, 0.29) is 4.90 Å². The van der Waals surface area contributed by atoms with E-state index in [9.17, 15) is 8.42 Å². The molecule has 0 aliphatic heterocycles. The highest BCUT2D eigenvalue weighted by molar-refractivity contribution is 7.93. The van der Waals surface area contributed by atoms with Crippen LogP contribution in [-0.2, 0) is 10.0 Å². The summed E-state index contributed by atoms with van der Waals surface area (Å²) in [4.78, 5) is 4.61. The molecule has 4 aromatic rings. The third-order valence-corrected chi connectivity index (χ3v) is 6.05. The smallest absolute Gasteiger partial charge is 0.255 e. The lowest BCUT2D eigenvalue weighted by Crippen LogP contribution is -2.12. The molecular formula is C19H14N2O2S2. The topological polar surface area (TPSA) is 59.1 Å². The van der Waals surface area contributed by atoms with E-state index >= 15 is 0 Å². The first-order valence-electron chi connectivity index (χ1n) is 7.64. The Morgan fingerprint density at radius 2 is 1.56 bits per heavy atom. The Kier molecular flexibility index (Phi) is 3.99. The van der Waals surface area contributed by atoms with Crippen LogP contribution in [0.1, 0.15) is 0 Å². The van der Waals surface area contributed by atoms with E-state index in [0.717, 1.165) is 22.0 Å². The summed E-state index contributed by atoms with van der Waals surface area (Å²) in [5.41, 5.74) is 1.71. The van der Waals surface area contributed by atoms with E-state index < -0.39 is 10.0 Å². The SMILES string of the molecule is O=S(=O)(Nc1nc(-c2ccccc2)cs1)c1ccc2ccccc2c1. The molecule has 1 heterocycles. The van der Waals surface area contributed by atoms with E-state index in [4.69, 9.17) is 0 Å². The van der Waals surface area contributed by atoms with Crippen LogP contribution in [0, 0.1) is 0 Å². The number of anilines is 1. The van der Waals surface area contributed by atoms with Crippen molar-refractivity contribution in [2.75, 3.05) is 4.72 Å². The summed E-state index contributed by atoms with van der Waals surface area (Å²) in [5.74, 6) is 0. The zero-order valence-corrected chi connectivity index (χ0v) is 14.7. The number of thiazole rings is 1. The molecule has 1 aromatic heterocycles. The van der Waals surface area contributed by atoms with Gasteiger partial charge in [0.2, 0.25) is 0 Å². The van der Waals surface area contributed by atoms with Crippen LogP contribution in [0.2, 0.25) is 0 Å². The van der Waals surface area contributed by atoms with Gasteiger partial charge in [-0.2, -0.15) is 0 Å². The Balaban J connectivity index is 1.64. The Hall–Kier alpha value is -2.70. The number of hydrogen-bond acceptors (Lipinski definition) is 4. The number of hydrogen-bond donors (Lipinski definition) is 1. The average Bonchev–Trinajstić information content (AvgIpc) is 3.10. The minimum absolute atomic E-state index is 0.225. The van der Waals surface area contributed by atoms with E-state index in [2.05, 4.69) is 9.71 Å². The first-order chi connectivity index (χ1) is 12.1. The second-order valence-corrected chi connectivity index (χ2v) is 8.06. The van der Waals surface area contributed by atoms with Crippen molar-refractivity contribution >= 4 is 37.3 Å². The first-order valence-corrected chi connectivity index (χ1v) is 10.0. The number of benzene rings is 3. The minimum atomic E-state index is -3.68. The third-order valence-electron chi connectivity index (χ3n) is 3.83. The van der Waals surface area contributed by atoms with E-state index in [1.165, 1.54) is 11.3 Å². The van der Waals surface area contributed by atoms with E-state index in [1.54, 1.807) is 18.2 Å². The Morgan fingerprint density at radius 1 is 0.840 bits per heavy atom. The monoisotopic (exact) mass is 366 g/mol. The van der Waals surface area contributed by atoms with Crippen LogP contribution < -0.4 is 4.72 Å². The quantitative estimate of drug-likeness (QED) is 0.566. The van der Waals surface area contributed by atoms with Crippen molar-refractivity contribution in [2.24, 2.45) is 0 Å². The highest BCUT2D eigenvalue weighted by atomic mass is 32.2. The molecule has 0 saturated heterocycles. The predicted octanol–water partition coefficient (Wildman–Crippen LogP) is 4.76. The predicted molar refractivity (Wildman–Crippen MR) is 102 cm³/mol.